The number of carbonyl (C=O) groups excluding carboxylic acids is 1. The van der Waals surface area contributed by atoms with Crippen LogP contribution in [0.15, 0.2) is 60.7 Å². The van der Waals surface area contributed by atoms with Gasteiger partial charge in [0.05, 0.1) is 5.92 Å². The molecule has 1 saturated carbocycles. The molecule has 0 amide bonds. The third-order valence-corrected chi connectivity index (χ3v) is 11.3. The van der Waals surface area contributed by atoms with E-state index in [1.807, 2.05) is 26.0 Å². The van der Waals surface area contributed by atoms with E-state index < -0.39 is 14.1 Å². The van der Waals surface area contributed by atoms with Crippen molar-refractivity contribution >= 4 is 24.7 Å². The van der Waals surface area contributed by atoms with E-state index in [0.717, 1.165) is 25.7 Å². The van der Waals surface area contributed by atoms with E-state index in [0.29, 0.717) is 0 Å². The fourth-order valence-corrected chi connectivity index (χ4v) is 9.41. The molecular formula is C26H36O3Si. The molecule has 4 heteroatoms. The zero-order chi connectivity index (χ0) is 21.8. The molecule has 0 unspecified atom stereocenters. The fourth-order valence-electron chi connectivity index (χ4n) is 4.70. The highest BCUT2D eigenvalue weighted by Gasteiger charge is 2.53. The molecule has 0 bridgehead atoms. The van der Waals surface area contributed by atoms with Gasteiger partial charge in [-0.1, -0.05) is 101 Å². The lowest BCUT2D eigenvalue weighted by Gasteiger charge is -2.47. The average molecular weight is 425 g/mol. The first-order valence-electron chi connectivity index (χ1n) is 11.2. The van der Waals surface area contributed by atoms with Gasteiger partial charge in [-0.2, -0.15) is 0 Å². The minimum atomic E-state index is -2.78. The number of carbonyl (C=O) groups is 1. The normalized spacial score (nSPS) is 16.3. The highest BCUT2D eigenvalue weighted by molar-refractivity contribution is 6.99. The topological polar surface area (TPSA) is 35.5 Å². The van der Waals surface area contributed by atoms with Crippen molar-refractivity contribution in [3.8, 4) is 0 Å². The summed E-state index contributed by atoms with van der Waals surface area (Å²) in [6, 6.07) is 21.0. The van der Waals surface area contributed by atoms with E-state index >= 15 is 0 Å². The third kappa shape index (κ3) is 4.87. The Morgan fingerprint density at radius 3 is 1.70 bits per heavy atom. The van der Waals surface area contributed by atoms with E-state index in [4.69, 9.17) is 9.16 Å². The summed E-state index contributed by atoms with van der Waals surface area (Å²) in [5.41, 5.74) is 0. The van der Waals surface area contributed by atoms with Crippen LogP contribution < -0.4 is 10.4 Å². The van der Waals surface area contributed by atoms with Gasteiger partial charge < -0.3 is 9.16 Å². The van der Waals surface area contributed by atoms with Gasteiger partial charge in [0.2, 0.25) is 0 Å². The molecule has 3 rings (SSSR count). The van der Waals surface area contributed by atoms with Gasteiger partial charge in [-0.3, -0.25) is 4.79 Å². The molecule has 30 heavy (non-hydrogen) atoms. The number of esters is 1. The van der Waals surface area contributed by atoms with E-state index in [9.17, 15) is 4.79 Å². The summed E-state index contributed by atoms with van der Waals surface area (Å²) in [4.78, 5) is 12.9. The van der Waals surface area contributed by atoms with Gasteiger partial charge >= 0.3 is 5.97 Å². The predicted octanol–water partition coefficient (Wildman–Crippen LogP) is 5.42. The van der Waals surface area contributed by atoms with Crippen LogP contribution in [0.1, 0.15) is 66.7 Å². The molecule has 0 atom stereocenters. The van der Waals surface area contributed by atoms with Crippen LogP contribution in [0.5, 0.6) is 0 Å². The Labute approximate surface area is 182 Å². The van der Waals surface area contributed by atoms with Crippen molar-refractivity contribution in [1.29, 1.82) is 0 Å². The second-order valence-corrected chi connectivity index (χ2v) is 14.1. The lowest BCUT2D eigenvalue weighted by molar-refractivity contribution is -0.194. The van der Waals surface area contributed by atoms with Crippen molar-refractivity contribution in [2.75, 3.05) is 0 Å². The smallest absolute Gasteiger partial charge is 0.311 e. The average Bonchev–Trinajstić information content (AvgIpc) is 2.73. The Hall–Kier alpha value is -1.91. The molecule has 1 aliphatic carbocycles. The van der Waals surface area contributed by atoms with Crippen LogP contribution in [-0.4, -0.2) is 20.1 Å². The maximum Gasteiger partial charge on any atom is 0.311 e. The fraction of sp³-hybridized carbons (Fsp3) is 0.500. The lowest BCUT2D eigenvalue weighted by atomic mass is 9.89. The summed E-state index contributed by atoms with van der Waals surface area (Å²) in [6.07, 6.45) is 5.28. The molecular weight excluding hydrogens is 388 g/mol. The summed E-state index contributed by atoms with van der Waals surface area (Å²) >= 11 is 0. The Kier molecular flexibility index (Phi) is 6.88. The first kappa shape index (κ1) is 22.8. The summed E-state index contributed by atoms with van der Waals surface area (Å²) in [7, 11) is -2.78. The largest absolute Gasteiger partial charge is 0.434 e. The lowest BCUT2D eigenvalue weighted by Crippen LogP contribution is -2.69. The highest BCUT2D eigenvalue weighted by atomic mass is 28.4. The van der Waals surface area contributed by atoms with Gasteiger partial charge in [0.1, 0.15) is 0 Å². The Bertz CT molecular complexity index is 779. The van der Waals surface area contributed by atoms with Crippen LogP contribution in [0.3, 0.4) is 0 Å². The minimum Gasteiger partial charge on any atom is -0.434 e. The molecule has 2 aromatic carbocycles. The monoisotopic (exact) mass is 424 g/mol. The second-order valence-electron chi connectivity index (χ2n) is 9.92. The van der Waals surface area contributed by atoms with Crippen molar-refractivity contribution in [1.82, 2.24) is 0 Å². The predicted molar refractivity (Wildman–Crippen MR) is 125 cm³/mol. The van der Waals surface area contributed by atoms with E-state index in [2.05, 4.69) is 69.3 Å². The summed E-state index contributed by atoms with van der Waals surface area (Å²) in [6.45, 7) is 10.5. The third-order valence-electron chi connectivity index (χ3n) is 6.10. The van der Waals surface area contributed by atoms with Gasteiger partial charge in [-0.15, -0.1) is 0 Å². The van der Waals surface area contributed by atoms with Crippen LogP contribution in [0, 0.1) is 5.92 Å². The minimum absolute atomic E-state index is 0.000721. The van der Waals surface area contributed by atoms with Crippen LogP contribution >= 0.6 is 0 Å². The molecule has 3 nitrogen and oxygen atoms in total. The molecule has 1 aliphatic rings. The highest BCUT2D eigenvalue weighted by Crippen LogP contribution is 2.40. The first-order chi connectivity index (χ1) is 14.2. The van der Waals surface area contributed by atoms with Gasteiger partial charge in [0, 0.05) is 13.8 Å². The zero-order valence-electron chi connectivity index (χ0n) is 19.1. The first-order valence-corrected chi connectivity index (χ1v) is 13.1. The number of benzene rings is 2. The zero-order valence-corrected chi connectivity index (χ0v) is 20.1. The standard InChI is InChI=1S/C26H36O3Si/c1-25(2,3)30(22-17-11-7-12-18-22,23-19-13-8-14-20-23)29-26(4,5)28-24(27)21-15-9-6-10-16-21/h7-8,11-14,17-21H,6,9-10,15-16H2,1-5H3. The van der Waals surface area contributed by atoms with Gasteiger partial charge in [0.25, 0.3) is 8.32 Å². The van der Waals surface area contributed by atoms with Gasteiger partial charge in [0.15, 0.2) is 5.79 Å². The van der Waals surface area contributed by atoms with E-state index in [-0.39, 0.29) is 16.9 Å². The maximum atomic E-state index is 12.9. The van der Waals surface area contributed by atoms with Crippen LogP contribution in [-0.2, 0) is 14.0 Å². The molecule has 2 aromatic rings. The maximum absolute atomic E-state index is 12.9. The molecule has 0 spiro atoms. The molecule has 0 heterocycles. The number of ether oxygens (including phenoxy) is 1. The van der Waals surface area contributed by atoms with Gasteiger partial charge in [-0.05, 0) is 28.3 Å². The van der Waals surface area contributed by atoms with Crippen molar-refractivity contribution in [3.05, 3.63) is 60.7 Å². The van der Waals surface area contributed by atoms with Crippen LogP contribution in [0.2, 0.25) is 5.04 Å². The van der Waals surface area contributed by atoms with Crippen LogP contribution in [0.4, 0.5) is 0 Å². The molecule has 0 aliphatic heterocycles. The molecule has 0 radical (unpaired) electrons. The Morgan fingerprint density at radius 1 is 0.800 bits per heavy atom. The van der Waals surface area contributed by atoms with Crippen molar-refractivity contribution < 1.29 is 14.0 Å². The summed E-state index contributed by atoms with van der Waals surface area (Å²) < 4.78 is 13.1. The Morgan fingerprint density at radius 2 is 1.27 bits per heavy atom. The van der Waals surface area contributed by atoms with Crippen molar-refractivity contribution in [3.63, 3.8) is 0 Å². The molecule has 0 saturated heterocycles. The molecule has 1 fully saturated rings. The summed E-state index contributed by atoms with van der Waals surface area (Å²) in [5.74, 6) is -1.13. The SMILES string of the molecule is CC(C)(OC(=O)C1CCCCC1)O[Si](c1ccccc1)(c1ccccc1)C(C)(C)C. The summed E-state index contributed by atoms with van der Waals surface area (Å²) in [5, 5.41) is 2.21. The number of hydrogen-bond acceptors (Lipinski definition) is 3. The molecule has 162 valence electrons. The van der Waals surface area contributed by atoms with Crippen molar-refractivity contribution in [2.24, 2.45) is 5.92 Å². The molecule has 0 aromatic heterocycles. The number of hydrogen-bond donors (Lipinski definition) is 0. The second kappa shape index (κ2) is 9.07. The Balaban J connectivity index is 2.01. The quantitative estimate of drug-likeness (QED) is 0.353. The van der Waals surface area contributed by atoms with Gasteiger partial charge in [-0.25, -0.2) is 0 Å². The van der Waals surface area contributed by atoms with E-state index in [1.54, 1.807) is 0 Å². The van der Waals surface area contributed by atoms with E-state index in [1.165, 1.54) is 16.8 Å². The molecule has 0 N–H and O–H groups in total. The number of rotatable bonds is 6. The van der Waals surface area contributed by atoms with Crippen molar-refractivity contribution in [2.45, 2.75) is 77.5 Å². The van der Waals surface area contributed by atoms with Crippen LogP contribution in [0.25, 0.3) is 0 Å².